The first-order valence-electron chi connectivity index (χ1n) is 12.0. The second kappa shape index (κ2) is 10.1. The summed E-state index contributed by atoms with van der Waals surface area (Å²) in [6, 6.07) is 19.7. The van der Waals surface area contributed by atoms with Crippen molar-refractivity contribution in [3.63, 3.8) is 0 Å². The molecular weight excluding hydrogens is 460 g/mol. The van der Waals surface area contributed by atoms with Crippen LogP contribution in [0.1, 0.15) is 36.3 Å². The average molecular weight is 491 g/mol. The summed E-state index contributed by atoms with van der Waals surface area (Å²) < 4.78 is 32.8. The van der Waals surface area contributed by atoms with E-state index < -0.39 is 10.0 Å². The van der Waals surface area contributed by atoms with Crippen LogP contribution in [-0.2, 0) is 10.0 Å². The number of fused-ring (bicyclic) bond motifs is 1. The molecule has 5 rings (SSSR count). The Bertz CT molecular complexity index is 1380. The van der Waals surface area contributed by atoms with Gasteiger partial charge in [-0.3, -0.25) is 0 Å². The highest BCUT2D eigenvalue weighted by atomic mass is 32.2. The van der Waals surface area contributed by atoms with Crippen molar-refractivity contribution in [2.24, 2.45) is 0 Å². The van der Waals surface area contributed by atoms with Gasteiger partial charge < -0.3 is 15.0 Å². The number of benzene rings is 2. The topological polar surface area (TPSA) is 87.3 Å². The lowest BCUT2D eigenvalue weighted by molar-refractivity contribution is 0.346. The predicted octanol–water partition coefficient (Wildman–Crippen LogP) is 4.99. The van der Waals surface area contributed by atoms with Crippen molar-refractivity contribution >= 4 is 26.7 Å². The summed E-state index contributed by atoms with van der Waals surface area (Å²) in [4.78, 5) is 8.05. The number of nitrogens with one attached hydrogen (secondary N) is 2. The number of pyridine rings is 1. The first-order valence-corrected chi connectivity index (χ1v) is 13.4. The fraction of sp³-hybridized carbons (Fsp3) is 0.296. The largest absolute Gasteiger partial charge is 0.497 e. The molecule has 182 valence electrons. The Morgan fingerprint density at radius 1 is 1.03 bits per heavy atom. The lowest BCUT2D eigenvalue weighted by Crippen LogP contribution is -2.35. The van der Waals surface area contributed by atoms with Crippen LogP contribution in [-0.4, -0.2) is 49.4 Å². The summed E-state index contributed by atoms with van der Waals surface area (Å²) in [5.74, 6) is 1.50. The van der Waals surface area contributed by atoms with Gasteiger partial charge in [0.25, 0.3) is 0 Å². The van der Waals surface area contributed by atoms with E-state index in [-0.39, 0.29) is 10.8 Å². The molecule has 2 N–H and O–H groups in total. The first-order chi connectivity index (χ1) is 17.1. The summed E-state index contributed by atoms with van der Waals surface area (Å²) >= 11 is 0. The Kier molecular flexibility index (Phi) is 6.74. The van der Waals surface area contributed by atoms with Crippen LogP contribution in [0.3, 0.4) is 0 Å². The number of piperidine rings is 1. The van der Waals surface area contributed by atoms with Gasteiger partial charge in [-0.2, -0.15) is 4.31 Å². The second-order valence-corrected chi connectivity index (χ2v) is 10.8. The normalized spacial score (nSPS) is 15.7. The number of hydrogen-bond donors (Lipinski definition) is 2. The minimum atomic E-state index is -3.49. The Morgan fingerprint density at radius 2 is 1.80 bits per heavy atom. The number of anilines is 1. The molecule has 0 unspecified atom stereocenters. The van der Waals surface area contributed by atoms with Crippen LogP contribution in [0.4, 0.5) is 5.82 Å². The van der Waals surface area contributed by atoms with Crippen LogP contribution in [0.2, 0.25) is 0 Å². The van der Waals surface area contributed by atoms with Crippen LogP contribution in [0, 0.1) is 0 Å². The van der Waals surface area contributed by atoms with Crippen LogP contribution in [0.15, 0.2) is 78.0 Å². The molecule has 0 aliphatic carbocycles. The van der Waals surface area contributed by atoms with Crippen molar-refractivity contribution < 1.29 is 13.2 Å². The number of H-pyrrole nitrogens is 1. The van der Waals surface area contributed by atoms with Crippen molar-refractivity contribution in [1.29, 1.82) is 0 Å². The minimum absolute atomic E-state index is 0.0515. The highest BCUT2D eigenvalue weighted by molar-refractivity contribution is 7.89. The Morgan fingerprint density at radius 3 is 2.51 bits per heavy atom. The summed E-state index contributed by atoms with van der Waals surface area (Å²) in [5.41, 5.74) is 3.42. The summed E-state index contributed by atoms with van der Waals surface area (Å²) in [5, 5.41) is 4.59. The van der Waals surface area contributed by atoms with Gasteiger partial charge in [0.2, 0.25) is 10.0 Å². The van der Waals surface area contributed by atoms with E-state index in [1.54, 1.807) is 23.5 Å². The SMILES string of the molecule is COc1ccc([C@H](CNc2ccc(S(=O)(=O)N3CCCCC3)cn2)c2c[nH]c3ccccc23)cc1. The fourth-order valence-corrected chi connectivity index (χ4v) is 6.19. The van der Waals surface area contributed by atoms with E-state index in [1.807, 2.05) is 24.3 Å². The number of para-hydroxylation sites is 1. The highest BCUT2D eigenvalue weighted by Gasteiger charge is 2.26. The van der Waals surface area contributed by atoms with Crippen molar-refractivity contribution in [2.45, 2.75) is 30.1 Å². The van der Waals surface area contributed by atoms with Gasteiger partial charge in [0.1, 0.15) is 16.5 Å². The van der Waals surface area contributed by atoms with Crippen molar-refractivity contribution in [1.82, 2.24) is 14.3 Å². The fourth-order valence-electron chi connectivity index (χ4n) is 4.72. The number of sulfonamides is 1. The first kappa shape index (κ1) is 23.4. The molecule has 35 heavy (non-hydrogen) atoms. The Hall–Kier alpha value is -3.36. The number of aromatic amines is 1. The third kappa shape index (κ3) is 4.90. The molecule has 1 aliphatic rings. The van der Waals surface area contributed by atoms with Gasteiger partial charge in [0.05, 0.1) is 7.11 Å². The lowest BCUT2D eigenvalue weighted by atomic mass is 9.91. The smallest absolute Gasteiger partial charge is 0.244 e. The summed E-state index contributed by atoms with van der Waals surface area (Å²) in [7, 11) is -1.83. The summed E-state index contributed by atoms with van der Waals surface area (Å²) in [6.45, 7) is 1.76. The maximum Gasteiger partial charge on any atom is 0.244 e. The standard InChI is InChI=1S/C27H30N4O3S/c1-34-21-11-9-20(10-12-21)24(25-19-28-26-8-4-3-7-23(25)26)18-30-27-14-13-22(17-29-27)35(32,33)31-15-5-2-6-16-31/h3-4,7-14,17,19,24,28H,2,5-6,15-16,18H2,1H3,(H,29,30)/t24-/m0/s1. The number of hydrogen-bond acceptors (Lipinski definition) is 5. The maximum absolute atomic E-state index is 12.9. The van der Waals surface area contributed by atoms with E-state index in [4.69, 9.17) is 4.74 Å². The molecule has 7 nitrogen and oxygen atoms in total. The second-order valence-electron chi connectivity index (χ2n) is 8.84. The molecule has 1 fully saturated rings. The van der Waals surface area contributed by atoms with Crippen LogP contribution < -0.4 is 10.1 Å². The Balaban J connectivity index is 1.38. The molecule has 2 aromatic carbocycles. The third-order valence-electron chi connectivity index (χ3n) is 6.69. The van der Waals surface area contributed by atoms with Gasteiger partial charge in [-0.25, -0.2) is 13.4 Å². The summed E-state index contributed by atoms with van der Waals surface area (Å²) in [6.07, 6.45) is 6.42. The van der Waals surface area contributed by atoms with Crippen LogP contribution in [0.5, 0.6) is 5.75 Å². The van der Waals surface area contributed by atoms with Crippen molar-refractivity contribution in [3.8, 4) is 5.75 Å². The maximum atomic E-state index is 12.9. The molecule has 1 saturated heterocycles. The average Bonchev–Trinajstić information content (AvgIpc) is 3.34. The minimum Gasteiger partial charge on any atom is -0.497 e. The van der Waals surface area contributed by atoms with Gasteiger partial charge in [0, 0.05) is 48.8 Å². The molecule has 1 atom stereocenters. The molecule has 0 radical (unpaired) electrons. The molecule has 4 aromatic rings. The van der Waals surface area contributed by atoms with E-state index in [2.05, 4.69) is 45.7 Å². The highest BCUT2D eigenvalue weighted by Crippen LogP contribution is 2.32. The molecule has 0 amide bonds. The molecule has 8 heteroatoms. The van der Waals surface area contributed by atoms with E-state index in [1.165, 1.54) is 17.1 Å². The van der Waals surface area contributed by atoms with Crippen LogP contribution in [0.25, 0.3) is 10.9 Å². The lowest BCUT2D eigenvalue weighted by Gasteiger charge is -2.25. The quantitative estimate of drug-likeness (QED) is 0.363. The van der Waals surface area contributed by atoms with E-state index >= 15 is 0 Å². The number of ether oxygens (including phenoxy) is 1. The van der Waals surface area contributed by atoms with E-state index in [9.17, 15) is 8.42 Å². The molecule has 2 aromatic heterocycles. The molecule has 0 spiro atoms. The zero-order valence-electron chi connectivity index (χ0n) is 19.8. The van der Waals surface area contributed by atoms with E-state index in [0.29, 0.717) is 25.5 Å². The number of methoxy groups -OCH3 is 1. The van der Waals surface area contributed by atoms with Gasteiger partial charge in [-0.1, -0.05) is 36.8 Å². The van der Waals surface area contributed by atoms with E-state index in [0.717, 1.165) is 36.1 Å². The number of aromatic nitrogens is 2. The monoisotopic (exact) mass is 490 g/mol. The number of nitrogens with zero attached hydrogens (tertiary/aromatic N) is 2. The van der Waals surface area contributed by atoms with Gasteiger partial charge in [-0.05, 0) is 54.3 Å². The zero-order valence-corrected chi connectivity index (χ0v) is 20.6. The van der Waals surface area contributed by atoms with Crippen molar-refractivity contribution in [3.05, 3.63) is 84.2 Å². The molecule has 0 saturated carbocycles. The van der Waals surface area contributed by atoms with Crippen molar-refractivity contribution in [2.75, 3.05) is 32.1 Å². The number of rotatable bonds is 8. The van der Waals surface area contributed by atoms with Gasteiger partial charge >= 0.3 is 0 Å². The third-order valence-corrected chi connectivity index (χ3v) is 8.57. The molecule has 3 heterocycles. The molecule has 0 bridgehead atoms. The predicted molar refractivity (Wildman–Crippen MR) is 138 cm³/mol. The Labute approximate surface area is 206 Å². The van der Waals surface area contributed by atoms with Gasteiger partial charge in [-0.15, -0.1) is 0 Å². The zero-order chi connectivity index (χ0) is 24.3. The van der Waals surface area contributed by atoms with Gasteiger partial charge in [0.15, 0.2) is 0 Å². The van der Waals surface area contributed by atoms with Crippen LogP contribution >= 0.6 is 0 Å². The molecular formula is C27H30N4O3S. The molecule has 1 aliphatic heterocycles.